The van der Waals surface area contributed by atoms with Gasteiger partial charge in [0.2, 0.25) is 0 Å². The highest BCUT2D eigenvalue weighted by Gasteiger charge is 2.22. The molecular formula is C14H16F2N2O. The summed E-state index contributed by atoms with van der Waals surface area (Å²) in [6, 6.07) is 9.58. The normalized spacial score (nSPS) is 11.8. The van der Waals surface area contributed by atoms with Gasteiger partial charge in [-0.25, -0.2) is 4.68 Å². The van der Waals surface area contributed by atoms with Gasteiger partial charge in [0.15, 0.2) is 0 Å². The van der Waals surface area contributed by atoms with Crippen LogP contribution < -0.4 is 0 Å². The molecule has 2 aromatic rings. The third-order valence-electron chi connectivity index (χ3n) is 2.69. The number of benzene rings is 1. The highest BCUT2D eigenvalue weighted by atomic mass is 19.3. The van der Waals surface area contributed by atoms with E-state index in [0.717, 1.165) is 23.9 Å². The molecule has 0 radical (unpaired) electrons. The van der Waals surface area contributed by atoms with Crippen molar-refractivity contribution in [2.24, 2.45) is 0 Å². The molecule has 0 unspecified atom stereocenters. The lowest BCUT2D eigenvalue weighted by Crippen LogP contribution is -2.15. The van der Waals surface area contributed by atoms with E-state index in [1.807, 2.05) is 38.1 Å². The van der Waals surface area contributed by atoms with Gasteiger partial charge in [-0.1, -0.05) is 17.7 Å². The van der Waals surface area contributed by atoms with Crippen LogP contribution in [-0.4, -0.2) is 15.9 Å². The Morgan fingerprint density at radius 1 is 1.21 bits per heavy atom. The summed E-state index contributed by atoms with van der Waals surface area (Å²) >= 11 is 0. The quantitative estimate of drug-likeness (QED) is 0.845. The van der Waals surface area contributed by atoms with Crippen molar-refractivity contribution in [2.75, 3.05) is 0 Å². The van der Waals surface area contributed by atoms with Crippen molar-refractivity contribution in [3.05, 3.63) is 47.3 Å². The monoisotopic (exact) mass is 266 g/mol. The van der Waals surface area contributed by atoms with Gasteiger partial charge in [-0.3, -0.25) is 0 Å². The maximum Gasteiger partial charge on any atom is 0.353 e. The summed E-state index contributed by atoms with van der Waals surface area (Å²) < 4.78 is 31.4. The number of ether oxygens (including phenoxy) is 1. The average molecular weight is 266 g/mol. The Morgan fingerprint density at radius 2 is 1.84 bits per heavy atom. The fraction of sp³-hybridized carbons (Fsp3) is 0.357. The topological polar surface area (TPSA) is 27.1 Å². The smallest absolute Gasteiger partial charge is 0.314 e. The van der Waals surface area contributed by atoms with E-state index in [0.29, 0.717) is 5.69 Å². The SMILES string of the molecule is Cc1ccc(-n2nc(COC(C)(F)F)cc2C)cc1. The number of alkyl halides is 2. The molecule has 0 aliphatic rings. The molecule has 5 heteroatoms. The first kappa shape index (κ1) is 13.7. The molecule has 0 saturated heterocycles. The van der Waals surface area contributed by atoms with Gasteiger partial charge in [0.25, 0.3) is 0 Å². The van der Waals surface area contributed by atoms with E-state index in [1.54, 1.807) is 10.7 Å². The van der Waals surface area contributed by atoms with Gasteiger partial charge in [-0.15, -0.1) is 0 Å². The van der Waals surface area contributed by atoms with E-state index in [4.69, 9.17) is 0 Å². The number of aromatic nitrogens is 2. The third kappa shape index (κ3) is 3.61. The summed E-state index contributed by atoms with van der Waals surface area (Å²) in [7, 11) is 0. The van der Waals surface area contributed by atoms with Crippen molar-refractivity contribution < 1.29 is 13.5 Å². The van der Waals surface area contributed by atoms with Gasteiger partial charge in [0, 0.05) is 12.6 Å². The van der Waals surface area contributed by atoms with Crippen LogP contribution in [0.15, 0.2) is 30.3 Å². The second kappa shape index (κ2) is 5.09. The van der Waals surface area contributed by atoms with Crippen molar-refractivity contribution in [1.82, 2.24) is 9.78 Å². The Labute approximate surface area is 110 Å². The Bertz CT molecular complexity index is 556. The standard InChI is InChI=1S/C14H16F2N2O/c1-10-4-6-13(7-5-10)18-11(2)8-12(17-18)9-19-14(3,15)16/h4-8H,9H2,1-3H3. The lowest BCUT2D eigenvalue weighted by Gasteiger charge is -2.09. The molecule has 0 fully saturated rings. The first-order chi connectivity index (χ1) is 8.85. The van der Waals surface area contributed by atoms with Gasteiger partial charge >= 0.3 is 6.11 Å². The fourth-order valence-corrected chi connectivity index (χ4v) is 1.76. The lowest BCUT2D eigenvalue weighted by molar-refractivity contribution is -0.231. The lowest BCUT2D eigenvalue weighted by atomic mass is 10.2. The van der Waals surface area contributed by atoms with Gasteiger partial charge < -0.3 is 4.74 Å². The minimum atomic E-state index is -3.14. The first-order valence-corrected chi connectivity index (χ1v) is 5.99. The van der Waals surface area contributed by atoms with E-state index < -0.39 is 6.11 Å². The zero-order valence-corrected chi connectivity index (χ0v) is 11.2. The molecule has 0 spiro atoms. The van der Waals surface area contributed by atoms with E-state index in [1.165, 1.54) is 0 Å². The molecule has 19 heavy (non-hydrogen) atoms. The maximum atomic E-state index is 12.6. The average Bonchev–Trinajstić information content (AvgIpc) is 2.68. The van der Waals surface area contributed by atoms with Crippen molar-refractivity contribution >= 4 is 0 Å². The largest absolute Gasteiger partial charge is 0.353 e. The summed E-state index contributed by atoms with van der Waals surface area (Å²) in [6.07, 6.45) is -3.14. The minimum Gasteiger partial charge on any atom is -0.314 e. The van der Waals surface area contributed by atoms with E-state index in [9.17, 15) is 8.78 Å². The van der Waals surface area contributed by atoms with Crippen LogP contribution in [0.2, 0.25) is 0 Å². The van der Waals surface area contributed by atoms with Gasteiger partial charge in [0.05, 0.1) is 18.0 Å². The summed E-state index contributed by atoms with van der Waals surface area (Å²) in [5.41, 5.74) is 3.42. The van der Waals surface area contributed by atoms with Crippen LogP contribution in [0.5, 0.6) is 0 Å². The van der Waals surface area contributed by atoms with Crippen LogP contribution in [-0.2, 0) is 11.3 Å². The molecule has 0 aliphatic heterocycles. The molecule has 0 aliphatic carbocycles. The molecular weight excluding hydrogens is 250 g/mol. The van der Waals surface area contributed by atoms with E-state index in [2.05, 4.69) is 9.84 Å². The molecule has 1 aromatic carbocycles. The second-order valence-corrected chi connectivity index (χ2v) is 4.62. The van der Waals surface area contributed by atoms with Crippen molar-refractivity contribution in [2.45, 2.75) is 33.5 Å². The highest BCUT2D eigenvalue weighted by Crippen LogP contribution is 2.18. The van der Waals surface area contributed by atoms with E-state index in [-0.39, 0.29) is 6.61 Å². The minimum absolute atomic E-state index is 0.205. The molecule has 0 bridgehead atoms. The predicted molar refractivity (Wildman–Crippen MR) is 68.4 cm³/mol. The van der Waals surface area contributed by atoms with Gasteiger partial charge in [0.1, 0.15) is 0 Å². The molecule has 2 rings (SSSR count). The summed E-state index contributed by atoms with van der Waals surface area (Å²) in [5.74, 6) is 0. The molecule has 102 valence electrons. The Morgan fingerprint density at radius 3 is 2.42 bits per heavy atom. The fourth-order valence-electron chi connectivity index (χ4n) is 1.76. The van der Waals surface area contributed by atoms with Crippen molar-refractivity contribution in [3.8, 4) is 5.69 Å². The second-order valence-electron chi connectivity index (χ2n) is 4.62. The molecule has 0 amide bonds. The maximum absolute atomic E-state index is 12.6. The zero-order valence-electron chi connectivity index (χ0n) is 11.2. The number of rotatable bonds is 4. The Kier molecular flexibility index (Phi) is 3.66. The molecule has 0 atom stereocenters. The molecule has 1 heterocycles. The number of nitrogens with zero attached hydrogens (tertiary/aromatic N) is 2. The Balaban J connectivity index is 2.19. The molecule has 1 aromatic heterocycles. The third-order valence-corrected chi connectivity index (χ3v) is 2.69. The first-order valence-electron chi connectivity index (χ1n) is 5.99. The number of halogens is 2. The predicted octanol–water partition coefficient (Wildman–Crippen LogP) is 3.62. The zero-order chi connectivity index (χ0) is 14.0. The molecule has 0 saturated carbocycles. The Hall–Kier alpha value is -1.75. The van der Waals surface area contributed by atoms with Crippen LogP contribution in [0.3, 0.4) is 0 Å². The summed E-state index contributed by atoms with van der Waals surface area (Å²) in [6.45, 7) is 4.39. The van der Waals surface area contributed by atoms with Crippen LogP contribution in [0, 0.1) is 13.8 Å². The van der Waals surface area contributed by atoms with Crippen molar-refractivity contribution in [3.63, 3.8) is 0 Å². The van der Waals surface area contributed by atoms with Crippen LogP contribution in [0.4, 0.5) is 8.78 Å². The van der Waals surface area contributed by atoms with E-state index >= 15 is 0 Å². The number of hydrogen-bond acceptors (Lipinski definition) is 2. The number of aryl methyl sites for hydroxylation is 2. The van der Waals surface area contributed by atoms with Crippen LogP contribution in [0.1, 0.15) is 23.9 Å². The number of hydrogen-bond donors (Lipinski definition) is 0. The highest BCUT2D eigenvalue weighted by molar-refractivity contribution is 5.35. The molecule has 0 N–H and O–H groups in total. The van der Waals surface area contributed by atoms with Crippen LogP contribution >= 0.6 is 0 Å². The summed E-state index contributed by atoms with van der Waals surface area (Å²) in [4.78, 5) is 0. The van der Waals surface area contributed by atoms with Crippen LogP contribution in [0.25, 0.3) is 5.69 Å². The summed E-state index contributed by atoms with van der Waals surface area (Å²) in [5, 5.41) is 4.27. The van der Waals surface area contributed by atoms with Crippen molar-refractivity contribution in [1.29, 1.82) is 0 Å². The molecule has 3 nitrogen and oxygen atoms in total. The van der Waals surface area contributed by atoms with Gasteiger partial charge in [-0.2, -0.15) is 13.9 Å². The van der Waals surface area contributed by atoms with Gasteiger partial charge in [-0.05, 0) is 32.0 Å².